The van der Waals surface area contributed by atoms with Crippen LogP contribution in [0.15, 0.2) is 58.1 Å². The van der Waals surface area contributed by atoms with Crippen LogP contribution in [0.3, 0.4) is 0 Å². The lowest BCUT2D eigenvalue weighted by Crippen LogP contribution is -2.38. The van der Waals surface area contributed by atoms with Crippen molar-refractivity contribution >= 4 is 29.9 Å². The Morgan fingerprint density at radius 2 is 1.89 bits per heavy atom. The van der Waals surface area contributed by atoms with Crippen molar-refractivity contribution in [2.75, 3.05) is 13.6 Å². The number of halogens is 1. The standard InChI is InChI=1S/C21H27N5O.HI/c1-16-20(17(2)26(25-16)15-18-8-5-4-6-9-18)14-24-21(22-3)23-12-11-19-10-7-13-27-19;/h4-10,13H,11-12,14-15H2,1-3H3,(H2,22,23,24);1H. The molecule has 2 N–H and O–H groups in total. The Balaban J connectivity index is 0.00000280. The van der Waals surface area contributed by atoms with Crippen LogP contribution in [-0.2, 0) is 19.5 Å². The Morgan fingerprint density at radius 1 is 1.11 bits per heavy atom. The summed E-state index contributed by atoms with van der Waals surface area (Å²) in [4.78, 5) is 4.29. The van der Waals surface area contributed by atoms with E-state index in [1.54, 1.807) is 13.3 Å². The summed E-state index contributed by atoms with van der Waals surface area (Å²) < 4.78 is 7.41. The molecule has 2 heterocycles. The number of aromatic nitrogens is 2. The van der Waals surface area contributed by atoms with E-state index in [4.69, 9.17) is 9.52 Å². The van der Waals surface area contributed by atoms with E-state index in [0.29, 0.717) is 6.54 Å². The highest BCUT2D eigenvalue weighted by atomic mass is 127. The first-order valence-corrected chi connectivity index (χ1v) is 9.21. The van der Waals surface area contributed by atoms with Gasteiger partial charge in [0.15, 0.2) is 5.96 Å². The minimum atomic E-state index is 0. The fourth-order valence-electron chi connectivity index (χ4n) is 3.05. The summed E-state index contributed by atoms with van der Waals surface area (Å²) in [5.41, 5.74) is 4.68. The number of rotatable bonds is 7. The third-order valence-electron chi connectivity index (χ3n) is 4.61. The molecule has 0 aliphatic carbocycles. The molecule has 7 heteroatoms. The lowest BCUT2D eigenvalue weighted by atomic mass is 10.2. The van der Waals surface area contributed by atoms with Crippen molar-refractivity contribution in [3.05, 3.63) is 77.0 Å². The molecule has 6 nitrogen and oxygen atoms in total. The first kappa shape index (κ1) is 22.0. The van der Waals surface area contributed by atoms with Gasteiger partial charge in [-0.15, -0.1) is 24.0 Å². The number of hydrogen-bond donors (Lipinski definition) is 2. The van der Waals surface area contributed by atoms with E-state index in [-0.39, 0.29) is 24.0 Å². The van der Waals surface area contributed by atoms with Gasteiger partial charge in [0.25, 0.3) is 0 Å². The van der Waals surface area contributed by atoms with E-state index >= 15 is 0 Å². The predicted octanol–water partition coefficient (Wildman–Crippen LogP) is 3.67. The molecule has 0 fully saturated rings. The molecule has 2 aromatic heterocycles. The Hall–Kier alpha value is -2.29. The maximum absolute atomic E-state index is 5.35. The highest BCUT2D eigenvalue weighted by molar-refractivity contribution is 14.0. The van der Waals surface area contributed by atoms with Crippen molar-refractivity contribution in [3.63, 3.8) is 0 Å². The van der Waals surface area contributed by atoms with Gasteiger partial charge in [0.2, 0.25) is 0 Å². The number of aliphatic imine (C=N–C) groups is 1. The molecule has 0 spiro atoms. The number of hydrogen-bond acceptors (Lipinski definition) is 3. The zero-order valence-corrected chi connectivity index (χ0v) is 18.9. The van der Waals surface area contributed by atoms with Gasteiger partial charge in [-0.1, -0.05) is 30.3 Å². The first-order valence-electron chi connectivity index (χ1n) is 9.21. The SMILES string of the molecule is CN=C(NCCc1ccco1)NCc1c(C)nn(Cc2ccccc2)c1C.I. The first-order chi connectivity index (χ1) is 13.2. The monoisotopic (exact) mass is 493 g/mol. The van der Waals surface area contributed by atoms with E-state index in [2.05, 4.69) is 58.4 Å². The fraction of sp³-hybridized carbons (Fsp3) is 0.333. The summed E-state index contributed by atoms with van der Waals surface area (Å²) in [5.74, 6) is 1.74. The number of furan rings is 1. The van der Waals surface area contributed by atoms with Gasteiger partial charge in [0.1, 0.15) is 5.76 Å². The highest BCUT2D eigenvalue weighted by Gasteiger charge is 2.12. The minimum Gasteiger partial charge on any atom is -0.469 e. The second-order valence-electron chi connectivity index (χ2n) is 6.47. The van der Waals surface area contributed by atoms with Gasteiger partial charge < -0.3 is 15.1 Å². The van der Waals surface area contributed by atoms with Crippen LogP contribution in [0.1, 0.15) is 28.3 Å². The zero-order valence-electron chi connectivity index (χ0n) is 16.6. The number of nitrogens with zero attached hydrogens (tertiary/aromatic N) is 3. The molecule has 0 unspecified atom stereocenters. The lowest BCUT2D eigenvalue weighted by Gasteiger charge is -2.12. The molecular weight excluding hydrogens is 465 g/mol. The zero-order chi connectivity index (χ0) is 19.1. The Bertz CT molecular complexity index is 872. The molecule has 1 aromatic carbocycles. The van der Waals surface area contributed by atoms with Crippen LogP contribution in [0.2, 0.25) is 0 Å². The van der Waals surface area contributed by atoms with Crippen molar-refractivity contribution in [1.82, 2.24) is 20.4 Å². The van der Waals surface area contributed by atoms with Crippen molar-refractivity contribution < 1.29 is 4.42 Å². The molecule has 0 aliphatic rings. The number of benzene rings is 1. The van der Waals surface area contributed by atoms with E-state index < -0.39 is 0 Å². The molecule has 3 aromatic rings. The van der Waals surface area contributed by atoms with Crippen LogP contribution >= 0.6 is 24.0 Å². The number of guanidine groups is 1. The molecule has 28 heavy (non-hydrogen) atoms. The molecule has 0 radical (unpaired) electrons. The maximum Gasteiger partial charge on any atom is 0.191 e. The van der Waals surface area contributed by atoms with Crippen LogP contribution in [0.5, 0.6) is 0 Å². The van der Waals surface area contributed by atoms with Crippen LogP contribution in [-0.4, -0.2) is 29.3 Å². The Kier molecular flexibility index (Phi) is 8.56. The molecule has 0 saturated carbocycles. The van der Waals surface area contributed by atoms with Crippen molar-refractivity contribution in [2.24, 2.45) is 4.99 Å². The lowest BCUT2D eigenvalue weighted by molar-refractivity contribution is 0.507. The molecular formula is C21H28IN5O. The molecule has 0 atom stereocenters. The van der Waals surface area contributed by atoms with Crippen molar-refractivity contribution in [3.8, 4) is 0 Å². The Morgan fingerprint density at radius 3 is 2.57 bits per heavy atom. The van der Waals surface area contributed by atoms with Crippen LogP contribution in [0.4, 0.5) is 0 Å². The van der Waals surface area contributed by atoms with Gasteiger partial charge >= 0.3 is 0 Å². The summed E-state index contributed by atoms with van der Waals surface area (Å²) in [7, 11) is 1.78. The van der Waals surface area contributed by atoms with Crippen LogP contribution in [0.25, 0.3) is 0 Å². The van der Waals surface area contributed by atoms with Gasteiger partial charge in [-0.2, -0.15) is 5.10 Å². The molecule has 3 rings (SSSR count). The van der Waals surface area contributed by atoms with Crippen molar-refractivity contribution in [1.29, 1.82) is 0 Å². The predicted molar refractivity (Wildman–Crippen MR) is 123 cm³/mol. The van der Waals surface area contributed by atoms with Crippen LogP contribution in [0, 0.1) is 13.8 Å². The van der Waals surface area contributed by atoms with E-state index in [1.165, 1.54) is 16.8 Å². The molecule has 0 bridgehead atoms. The minimum absolute atomic E-state index is 0. The summed E-state index contributed by atoms with van der Waals surface area (Å²) in [6.45, 7) is 6.40. The second kappa shape index (κ2) is 10.9. The van der Waals surface area contributed by atoms with Gasteiger partial charge in [-0.25, -0.2) is 0 Å². The normalized spacial score (nSPS) is 11.2. The topological polar surface area (TPSA) is 67.4 Å². The summed E-state index contributed by atoms with van der Waals surface area (Å²) in [6.07, 6.45) is 2.52. The van der Waals surface area contributed by atoms with Gasteiger partial charge in [0.05, 0.1) is 18.5 Å². The number of aryl methyl sites for hydroxylation is 1. The van der Waals surface area contributed by atoms with E-state index in [1.807, 2.05) is 18.2 Å². The van der Waals surface area contributed by atoms with Gasteiger partial charge in [0, 0.05) is 37.8 Å². The smallest absolute Gasteiger partial charge is 0.191 e. The highest BCUT2D eigenvalue weighted by Crippen LogP contribution is 2.14. The van der Waals surface area contributed by atoms with Crippen LogP contribution < -0.4 is 10.6 Å². The molecule has 150 valence electrons. The largest absolute Gasteiger partial charge is 0.469 e. The molecule has 0 amide bonds. The van der Waals surface area contributed by atoms with Gasteiger partial charge in [-0.3, -0.25) is 9.67 Å². The Labute approximate surface area is 183 Å². The third kappa shape index (κ3) is 5.85. The summed E-state index contributed by atoms with van der Waals surface area (Å²) in [5, 5.41) is 11.4. The van der Waals surface area contributed by atoms with Crippen molar-refractivity contribution in [2.45, 2.75) is 33.4 Å². The average molecular weight is 493 g/mol. The quantitative estimate of drug-likeness (QED) is 0.300. The third-order valence-corrected chi connectivity index (χ3v) is 4.61. The fourth-order valence-corrected chi connectivity index (χ4v) is 3.05. The summed E-state index contributed by atoms with van der Waals surface area (Å²) in [6, 6.07) is 14.3. The average Bonchev–Trinajstić information content (AvgIpc) is 3.28. The number of nitrogens with one attached hydrogen (secondary N) is 2. The maximum atomic E-state index is 5.35. The molecule has 0 saturated heterocycles. The molecule has 0 aliphatic heterocycles. The summed E-state index contributed by atoms with van der Waals surface area (Å²) >= 11 is 0. The van der Waals surface area contributed by atoms with E-state index in [9.17, 15) is 0 Å². The van der Waals surface area contributed by atoms with E-state index in [0.717, 1.165) is 36.9 Å². The second-order valence-corrected chi connectivity index (χ2v) is 6.47. The van der Waals surface area contributed by atoms with Gasteiger partial charge in [-0.05, 0) is 31.5 Å².